The topological polar surface area (TPSA) is 58.6 Å². The van der Waals surface area contributed by atoms with E-state index in [0.29, 0.717) is 13.1 Å². The van der Waals surface area contributed by atoms with Crippen LogP contribution in [0.4, 0.5) is 4.39 Å². The maximum Gasteiger partial charge on any atom is 0.243 e. The van der Waals surface area contributed by atoms with Gasteiger partial charge in [0.15, 0.2) is 11.6 Å². The van der Waals surface area contributed by atoms with Crippen molar-refractivity contribution in [3.05, 3.63) is 24.0 Å². The molecule has 1 fully saturated rings. The highest BCUT2D eigenvalue weighted by Crippen LogP contribution is 2.24. The van der Waals surface area contributed by atoms with Crippen LogP contribution in [0.2, 0.25) is 0 Å². The normalized spacial score (nSPS) is 23.4. The Labute approximate surface area is 130 Å². The molecule has 21 heavy (non-hydrogen) atoms. The lowest BCUT2D eigenvalue weighted by Gasteiger charge is -2.35. The molecule has 5 nitrogen and oxygen atoms in total. The molecule has 1 aromatic rings. The van der Waals surface area contributed by atoms with E-state index in [1.807, 2.05) is 13.8 Å². The average Bonchev–Trinajstić information content (AvgIpc) is 2.37. The lowest BCUT2D eigenvalue weighted by atomic mass is 10.2. The van der Waals surface area contributed by atoms with Gasteiger partial charge in [0.2, 0.25) is 10.0 Å². The summed E-state index contributed by atoms with van der Waals surface area (Å²) in [6, 6.07) is 3.84. The molecule has 1 aromatic carbocycles. The standard InChI is InChI=1S/C13H19FN2O3S.ClH/c1-9-7-16(8-10(2)15-9)20(17,18)11-4-5-13(19-3)12(14)6-11;/h4-6,9-10,15H,7-8H2,1-3H3;1H. The zero-order valence-electron chi connectivity index (χ0n) is 12.2. The minimum absolute atomic E-state index is 0. The fourth-order valence-electron chi connectivity index (χ4n) is 2.43. The number of ether oxygens (including phenoxy) is 1. The second kappa shape index (κ2) is 6.91. The third-order valence-electron chi connectivity index (χ3n) is 3.29. The fourth-order valence-corrected chi connectivity index (χ4v) is 4.06. The molecule has 1 saturated heterocycles. The summed E-state index contributed by atoms with van der Waals surface area (Å²) in [5.41, 5.74) is 0. The summed E-state index contributed by atoms with van der Waals surface area (Å²) in [6.45, 7) is 4.60. The lowest BCUT2D eigenvalue weighted by Crippen LogP contribution is -2.55. The smallest absolute Gasteiger partial charge is 0.243 e. The van der Waals surface area contributed by atoms with Gasteiger partial charge in [-0.25, -0.2) is 12.8 Å². The predicted octanol–water partition coefficient (Wildman–Crippen LogP) is 1.63. The summed E-state index contributed by atoms with van der Waals surface area (Å²) in [5.74, 6) is -0.643. The number of hydrogen-bond acceptors (Lipinski definition) is 4. The van der Waals surface area contributed by atoms with E-state index >= 15 is 0 Å². The lowest BCUT2D eigenvalue weighted by molar-refractivity contribution is 0.263. The predicted molar refractivity (Wildman–Crippen MR) is 81.0 cm³/mol. The monoisotopic (exact) mass is 338 g/mol. The van der Waals surface area contributed by atoms with Gasteiger partial charge in [0.05, 0.1) is 12.0 Å². The van der Waals surface area contributed by atoms with Crippen molar-refractivity contribution in [1.82, 2.24) is 9.62 Å². The second-order valence-electron chi connectivity index (χ2n) is 5.09. The van der Waals surface area contributed by atoms with Crippen molar-refractivity contribution in [3.8, 4) is 5.75 Å². The van der Waals surface area contributed by atoms with Gasteiger partial charge in [-0.15, -0.1) is 12.4 Å². The summed E-state index contributed by atoms with van der Waals surface area (Å²) >= 11 is 0. The van der Waals surface area contributed by atoms with E-state index in [1.54, 1.807) is 0 Å². The van der Waals surface area contributed by atoms with E-state index in [2.05, 4.69) is 5.32 Å². The van der Waals surface area contributed by atoms with Gasteiger partial charge < -0.3 is 10.1 Å². The van der Waals surface area contributed by atoms with Gasteiger partial charge in [-0.2, -0.15) is 4.31 Å². The van der Waals surface area contributed by atoms with Crippen LogP contribution in [0.15, 0.2) is 23.1 Å². The number of nitrogens with one attached hydrogen (secondary N) is 1. The Morgan fingerprint density at radius 1 is 1.29 bits per heavy atom. The van der Waals surface area contributed by atoms with Gasteiger partial charge in [0.25, 0.3) is 0 Å². The number of halogens is 2. The maximum absolute atomic E-state index is 13.7. The Balaban J connectivity index is 0.00000220. The zero-order chi connectivity index (χ0) is 14.9. The van der Waals surface area contributed by atoms with Crippen LogP contribution in [0.1, 0.15) is 13.8 Å². The van der Waals surface area contributed by atoms with Crippen LogP contribution in [0.25, 0.3) is 0 Å². The van der Waals surface area contributed by atoms with Gasteiger partial charge in [-0.05, 0) is 32.0 Å². The van der Waals surface area contributed by atoms with Gasteiger partial charge >= 0.3 is 0 Å². The van der Waals surface area contributed by atoms with Crippen LogP contribution >= 0.6 is 12.4 Å². The Bertz CT molecular complexity index is 587. The first kappa shape index (κ1) is 18.2. The Kier molecular flexibility index (Phi) is 5.98. The molecule has 120 valence electrons. The fraction of sp³-hybridized carbons (Fsp3) is 0.538. The highest BCUT2D eigenvalue weighted by molar-refractivity contribution is 7.89. The Hall–Kier alpha value is -0.890. The number of nitrogens with zero attached hydrogens (tertiary/aromatic N) is 1. The summed E-state index contributed by atoms with van der Waals surface area (Å²) in [7, 11) is -2.34. The number of methoxy groups -OCH3 is 1. The van der Waals surface area contributed by atoms with Crippen molar-refractivity contribution >= 4 is 22.4 Å². The highest BCUT2D eigenvalue weighted by atomic mass is 35.5. The van der Waals surface area contributed by atoms with E-state index in [-0.39, 0.29) is 35.1 Å². The molecule has 0 amide bonds. The Morgan fingerprint density at radius 2 is 1.86 bits per heavy atom. The van der Waals surface area contributed by atoms with Crippen LogP contribution in [0.3, 0.4) is 0 Å². The maximum atomic E-state index is 13.7. The van der Waals surface area contributed by atoms with Crippen molar-refractivity contribution < 1.29 is 17.5 Å². The van der Waals surface area contributed by atoms with Crippen molar-refractivity contribution in [2.24, 2.45) is 0 Å². The molecule has 1 aliphatic heterocycles. The molecular weight excluding hydrogens is 319 g/mol. The van der Waals surface area contributed by atoms with Crippen LogP contribution in [-0.2, 0) is 10.0 Å². The molecule has 1 heterocycles. The number of benzene rings is 1. The molecule has 1 aliphatic rings. The van der Waals surface area contributed by atoms with E-state index < -0.39 is 15.8 Å². The SMILES string of the molecule is COc1ccc(S(=O)(=O)N2CC(C)NC(C)C2)cc1F.Cl. The van der Waals surface area contributed by atoms with Crippen LogP contribution in [0, 0.1) is 5.82 Å². The minimum atomic E-state index is -3.68. The summed E-state index contributed by atoms with van der Waals surface area (Å²) in [4.78, 5) is -0.0444. The minimum Gasteiger partial charge on any atom is -0.494 e. The summed E-state index contributed by atoms with van der Waals surface area (Å²) in [5, 5.41) is 3.26. The number of rotatable bonds is 3. The molecule has 2 atom stereocenters. The second-order valence-corrected chi connectivity index (χ2v) is 7.03. The van der Waals surface area contributed by atoms with Crippen LogP contribution < -0.4 is 10.1 Å². The van der Waals surface area contributed by atoms with Crippen molar-refractivity contribution in [1.29, 1.82) is 0 Å². The largest absolute Gasteiger partial charge is 0.494 e. The number of sulfonamides is 1. The average molecular weight is 339 g/mol. The highest BCUT2D eigenvalue weighted by Gasteiger charge is 2.31. The zero-order valence-corrected chi connectivity index (χ0v) is 13.8. The molecule has 2 unspecified atom stereocenters. The molecular formula is C13H20ClFN2O3S. The molecule has 0 bridgehead atoms. The van der Waals surface area contributed by atoms with Gasteiger partial charge in [-0.1, -0.05) is 0 Å². The number of hydrogen-bond donors (Lipinski definition) is 1. The van der Waals surface area contributed by atoms with Crippen LogP contribution in [0.5, 0.6) is 5.75 Å². The molecule has 0 aliphatic carbocycles. The van der Waals surface area contributed by atoms with Crippen molar-refractivity contribution in [2.45, 2.75) is 30.8 Å². The third kappa shape index (κ3) is 3.85. The van der Waals surface area contributed by atoms with E-state index in [0.717, 1.165) is 6.07 Å². The van der Waals surface area contributed by atoms with Crippen molar-refractivity contribution in [2.75, 3.05) is 20.2 Å². The molecule has 0 spiro atoms. The summed E-state index contributed by atoms with van der Waals surface area (Å²) < 4.78 is 44.9. The van der Waals surface area contributed by atoms with Gasteiger partial charge in [0, 0.05) is 25.2 Å². The molecule has 0 radical (unpaired) electrons. The molecule has 2 rings (SSSR count). The van der Waals surface area contributed by atoms with Crippen molar-refractivity contribution in [3.63, 3.8) is 0 Å². The third-order valence-corrected chi connectivity index (χ3v) is 5.11. The molecule has 0 saturated carbocycles. The Morgan fingerprint density at radius 3 is 2.33 bits per heavy atom. The number of piperazine rings is 1. The molecule has 1 N–H and O–H groups in total. The van der Waals surface area contributed by atoms with E-state index in [1.165, 1.54) is 23.5 Å². The first-order chi connectivity index (χ1) is 9.34. The van der Waals surface area contributed by atoms with E-state index in [9.17, 15) is 12.8 Å². The van der Waals surface area contributed by atoms with E-state index in [4.69, 9.17) is 4.74 Å². The molecule has 8 heteroatoms. The first-order valence-corrected chi connectivity index (χ1v) is 7.88. The van der Waals surface area contributed by atoms with Gasteiger partial charge in [0.1, 0.15) is 0 Å². The van der Waals surface area contributed by atoms with Crippen LogP contribution in [-0.4, -0.2) is 45.0 Å². The first-order valence-electron chi connectivity index (χ1n) is 6.44. The van der Waals surface area contributed by atoms with Gasteiger partial charge in [-0.3, -0.25) is 0 Å². The summed E-state index contributed by atoms with van der Waals surface area (Å²) in [6.07, 6.45) is 0. The molecule has 0 aromatic heterocycles. The quantitative estimate of drug-likeness (QED) is 0.910.